The summed E-state index contributed by atoms with van der Waals surface area (Å²) in [4.78, 5) is 41.5. The summed E-state index contributed by atoms with van der Waals surface area (Å²) in [6.45, 7) is 8.84. The van der Waals surface area contributed by atoms with Crippen molar-refractivity contribution in [2.24, 2.45) is 0 Å². The fourth-order valence-corrected chi connectivity index (χ4v) is 4.13. The van der Waals surface area contributed by atoms with Crippen molar-refractivity contribution in [1.29, 1.82) is 0 Å². The largest absolute Gasteiger partial charge is 0.355 e. The lowest BCUT2D eigenvalue weighted by atomic mass is 10.3. The summed E-state index contributed by atoms with van der Waals surface area (Å²) in [5, 5.41) is 2.82. The van der Waals surface area contributed by atoms with Crippen LogP contribution in [0.5, 0.6) is 0 Å². The zero-order valence-corrected chi connectivity index (χ0v) is 18.1. The van der Waals surface area contributed by atoms with Gasteiger partial charge in [-0.15, -0.1) is 0 Å². The van der Waals surface area contributed by atoms with Crippen LogP contribution in [0.25, 0.3) is 11.0 Å². The van der Waals surface area contributed by atoms with Crippen molar-refractivity contribution in [1.82, 2.24) is 24.3 Å². The summed E-state index contributed by atoms with van der Waals surface area (Å²) < 4.78 is 3.52. The monoisotopic (exact) mass is 415 g/mol. The van der Waals surface area contributed by atoms with E-state index in [2.05, 4.69) is 17.1 Å². The van der Waals surface area contributed by atoms with Crippen molar-refractivity contribution in [3.8, 4) is 0 Å². The third-order valence-corrected chi connectivity index (χ3v) is 5.60. The minimum absolute atomic E-state index is 0.0279. The molecular formula is C22H33N5O3. The average Bonchev–Trinajstić information content (AvgIpc) is 2.87. The number of carbonyl (C=O) groups is 2. The van der Waals surface area contributed by atoms with Crippen LogP contribution in [-0.2, 0) is 22.7 Å². The van der Waals surface area contributed by atoms with Crippen LogP contribution in [0.4, 0.5) is 0 Å². The second-order valence-corrected chi connectivity index (χ2v) is 7.79. The molecule has 1 fully saturated rings. The number of aromatic nitrogens is 2. The molecule has 1 aliphatic heterocycles. The first-order valence-corrected chi connectivity index (χ1v) is 11.0. The standard InChI is InChI=1S/C22H33N5O3/c1-3-11-26-18-8-5-6-9-19(18)27(22(26)30)14-10-21(29)25-13-7-12-24(15-16-25)17-20(28)23-4-2/h5-6,8-9H,3-4,7,10-17H2,1-2H3,(H,23,28). The van der Waals surface area contributed by atoms with Gasteiger partial charge in [0.2, 0.25) is 11.8 Å². The van der Waals surface area contributed by atoms with Gasteiger partial charge in [-0.2, -0.15) is 0 Å². The number of benzene rings is 1. The lowest BCUT2D eigenvalue weighted by Gasteiger charge is -2.21. The normalized spacial score (nSPS) is 15.3. The van der Waals surface area contributed by atoms with Gasteiger partial charge in [-0.3, -0.25) is 23.6 Å². The summed E-state index contributed by atoms with van der Waals surface area (Å²) in [5.74, 6) is 0.0919. The predicted molar refractivity (Wildman–Crippen MR) is 117 cm³/mol. The van der Waals surface area contributed by atoms with Crippen LogP contribution in [0, 0.1) is 0 Å². The number of carbonyl (C=O) groups excluding carboxylic acids is 2. The fraction of sp³-hybridized carbons (Fsp3) is 0.591. The topological polar surface area (TPSA) is 79.6 Å². The van der Waals surface area contributed by atoms with E-state index >= 15 is 0 Å². The Balaban J connectivity index is 1.62. The fourth-order valence-electron chi connectivity index (χ4n) is 4.13. The van der Waals surface area contributed by atoms with Gasteiger partial charge in [0.05, 0.1) is 17.6 Å². The van der Waals surface area contributed by atoms with Gasteiger partial charge < -0.3 is 10.2 Å². The molecule has 0 aliphatic carbocycles. The minimum Gasteiger partial charge on any atom is -0.355 e. The van der Waals surface area contributed by atoms with E-state index in [9.17, 15) is 14.4 Å². The SMILES string of the molecule is CCCn1c(=O)n(CCC(=O)N2CCCN(CC(=O)NCC)CC2)c2ccccc21. The first kappa shape index (κ1) is 22.1. The number of nitrogens with zero attached hydrogens (tertiary/aromatic N) is 4. The predicted octanol–water partition coefficient (Wildman–Crippen LogP) is 1.27. The molecule has 0 spiro atoms. The van der Waals surface area contributed by atoms with E-state index in [0.29, 0.717) is 52.2 Å². The zero-order valence-electron chi connectivity index (χ0n) is 18.1. The van der Waals surface area contributed by atoms with E-state index in [1.54, 1.807) is 9.13 Å². The molecule has 0 atom stereocenters. The maximum Gasteiger partial charge on any atom is 0.329 e. The van der Waals surface area contributed by atoms with Crippen LogP contribution >= 0.6 is 0 Å². The quantitative estimate of drug-likeness (QED) is 0.704. The van der Waals surface area contributed by atoms with Gasteiger partial charge in [-0.25, -0.2) is 4.79 Å². The lowest BCUT2D eigenvalue weighted by molar-refractivity contribution is -0.131. The van der Waals surface area contributed by atoms with Gasteiger partial charge in [0, 0.05) is 52.2 Å². The second kappa shape index (κ2) is 10.4. The van der Waals surface area contributed by atoms with Crippen molar-refractivity contribution in [3.05, 3.63) is 34.7 Å². The molecule has 1 aromatic carbocycles. The Labute approximate surface area is 177 Å². The van der Waals surface area contributed by atoms with Crippen molar-refractivity contribution >= 4 is 22.8 Å². The smallest absolute Gasteiger partial charge is 0.329 e. The molecule has 3 rings (SSSR count). The van der Waals surface area contributed by atoms with Crippen LogP contribution in [-0.4, -0.2) is 70.0 Å². The second-order valence-electron chi connectivity index (χ2n) is 7.79. The molecule has 2 aromatic rings. The third-order valence-electron chi connectivity index (χ3n) is 5.60. The molecule has 8 heteroatoms. The van der Waals surface area contributed by atoms with Gasteiger partial charge >= 0.3 is 5.69 Å². The van der Waals surface area contributed by atoms with Crippen LogP contribution in [0.15, 0.2) is 29.1 Å². The highest BCUT2D eigenvalue weighted by molar-refractivity contribution is 5.79. The maximum absolute atomic E-state index is 12.9. The highest BCUT2D eigenvalue weighted by Gasteiger charge is 2.21. The number of para-hydroxylation sites is 2. The number of rotatable bonds is 8. The Morgan fingerprint density at radius 1 is 0.967 bits per heavy atom. The van der Waals surface area contributed by atoms with E-state index in [4.69, 9.17) is 0 Å². The van der Waals surface area contributed by atoms with E-state index in [0.717, 1.165) is 30.4 Å². The van der Waals surface area contributed by atoms with Gasteiger partial charge in [-0.1, -0.05) is 19.1 Å². The van der Waals surface area contributed by atoms with Gasteiger partial charge in [0.15, 0.2) is 0 Å². The van der Waals surface area contributed by atoms with Crippen LogP contribution in [0.3, 0.4) is 0 Å². The van der Waals surface area contributed by atoms with Crippen LogP contribution in [0.1, 0.15) is 33.1 Å². The minimum atomic E-state index is -0.0465. The summed E-state index contributed by atoms with van der Waals surface area (Å²) in [7, 11) is 0. The number of aryl methyl sites for hydroxylation is 2. The molecule has 0 bridgehead atoms. The molecule has 2 amide bonds. The number of hydrogen-bond donors (Lipinski definition) is 1. The van der Waals surface area contributed by atoms with Gasteiger partial charge in [0.25, 0.3) is 0 Å². The summed E-state index contributed by atoms with van der Waals surface area (Å²) >= 11 is 0. The Bertz CT molecular complexity index is 932. The molecule has 2 heterocycles. The van der Waals surface area contributed by atoms with Gasteiger partial charge in [-0.05, 0) is 31.9 Å². The maximum atomic E-state index is 12.9. The Hall–Kier alpha value is -2.61. The third kappa shape index (κ3) is 5.11. The molecule has 164 valence electrons. The molecule has 1 aliphatic rings. The zero-order chi connectivity index (χ0) is 21.5. The molecule has 8 nitrogen and oxygen atoms in total. The van der Waals surface area contributed by atoms with Crippen LogP contribution in [0.2, 0.25) is 0 Å². The number of amides is 2. The first-order valence-electron chi connectivity index (χ1n) is 11.0. The Kier molecular flexibility index (Phi) is 7.68. The molecule has 0 radical (unpaired) electrons. The van der Waals surface area contributed by atoms with Gasteiger partial charge in [0.1, 0.15) is 0 Å². The first-order chi connectivity index (χ1) is 14.5. The molecule has 1 N–H and O–H groups in total. The molecule has 0 saturated carbocycles. The molecule has 30 heavy (non-hydrogen) atoms. The summed E-state index contributed by atoms with van der Waals surface area (Å²) in [6.07, 6.45) is 2.03. The highest BCUT2D eigenvalue weighted by Crippen LogP contribution is 2.14. The number of nitrogens with one attached hydrogen (secondary N) is 1. The molecule has 0 unspecified atom stereocenters. The highest BCUT2D eigenvalue weighted by atomic mass is 16.2. The van der Waals surface area contributed by atoms with Crippen molar-refractivity contribution < 1.29 is 9.59 Å². The van der Waals surface area contributed by atoms with Crippen molar-refractivity contribution in [2.45, 2.75) is 46.2 Å². The Morgan fingerprint density at radius 3 is 2.33 bits per heavy atom. The molecule has 1 aromatic heterocycles. The Morgan fingerprint density at radius 2 is 1.67 bits per heavy atom. The number of likely N-dealkylation sites (N-methyl/N-ethyl adjacent to an activating group) is 1. The summed E-state index contributed by atoms with van der Waals surface area (Å²) in [5.41, 5.74) is 1.76. The summed E-state index contributed by atoms with van der Waals surface area (Å²) in [6, 6.07) is 7.77. The van der Waals surface area contributed by atoms with E-state index < -0.39 is 0 Å². The number of imidazole rings is 1. The van der Waals surface area contributed by atoms with Crippen molar-refractivity contribution in [2.75, 3.05) is 39.3 Å². The van der Waals surface area contributed by atoms with E-state index in [1.807, 2.05) is 36.1 Å². The van der Waals surface area contributed by atoms with E-state index in [1.165, 1.54) is 0 Å². The van der Waals surface area contributed by atoms with Crippen LogP contribution < -0.4 is 11.0 Å². The molecular weight excluding hydrogens is 382 g/mol. The number of hydrogen-bond acceptors (Lipinski definition) is 4. The van der Waals surface area contributed by atoms with E-state index in [-0.39, 0.29) is 17.5 Å². The lowest BCUT2D eigenvalue weighted by Crippen LogP contribution is -2.40. The molecule has 1 saturated heterocycles. The average molecular weight is 416 g/mol. The van der Waals surface area contributed by atoms with Crippen molar-refractivity contribution in [3.63, 3.8) is 0 Å². The number of fused-ring (bicyclic) bond motifs is 1.